The molecule has 0 aromatic carbocycles. The molecule has 5 fully saturated rings. The Balaban J connectivity index is 1.39. The van der Waals surface area contributed by atoms with Gasteiger partial charge >= 0.3 is 11.9 Å². The van der Waals surface area contributed by atoms with Crippen molar-refractivity contribution in [2.24, 2.45) is 68.0 Å². The van der Waals surface area contributed by atoms with Gasteiger partial charge in [0.2, 0.25) is 5.91 Å². The molecule has 284 valence electrons. The number of aliphatic hydroxyl groups excluding tert-OH is 1. The van der Waals surface area contributed by atoms with Gasteiger partial charge in [-0.05, 0) is 149 Å². The molecule has 0 spiro atoms. The van der Waals surface area contributed by atoms with E-state index in [0.29, 0.717) is 41.9 Å². The van der Waals surface area contributed by atoms with Crippen molar-refractivity contribution in [3.8, 4) is 0 Å². The molecule has 0 saturated heterocycles. The molecule has 0 aromatic heterocycles. The fourth-order valence-electron chi connectivity index (χ4n) is 13.8. The zero-order valence-corrected chi connectivity index (χ0v) is 33.3. The van der Waals surface area contributed by atoms with Crippen molar-refractivity contribution in [1.82, 2.24) is 5.32 Å². The third kappa shape index (κ3) is 6.40. The van der Waals surface area contributed by atoms with Crippen LogP contribution in [0, 0.1) is 68.0 Å². The van der Waals surface area contributed by atoms with E-state index in [2.05, 4.69) is 67.3 Å². The fraction of sp³-hybridized carbons (Fsp3) is 0.884. The number of amides is 1. The van der Waals surface area contributed by atoms with Gasteiger partial charge < -0.3 is 20.3 Å². The summed E-state index contributed by atoms with van der Waals surface area (Å²) in [5, 5.41) is 22.9. The predicted molar refractivity (Wildman–Crippen MR) is 198 cm³/mol. The Bertz CT molecular complexity index is 1340. The van der Waals surface area contributed by atoms with Crippen LogP contribution in [0.1, 0.15) is 153 Å². The first-order valence-electron chi connectivity index (χ1n) is 20.1. The Labute approximate surface area is 303 Å². The number of nitrogens with one attached hydrogen (secondary N) is 1. The summed E-state index contributed by atoms with van der Waals surface area (Å²) >= 11 is 0. The number of ether oxygens (including phenoxy) is 1. The number of carbonyl (C=O) groups excluding carboxylic acids is 2. The minimum atomic E-state index is -1.15. The summed E-state index contributed by atoms with van der Waals surface area (Å²) in [6, 6.07) is -0.186. The maximum Gasteiger partial charge on any atom is 0.309 e. The highest BCUT2D eigenvalue weighted by Gasteiger charge is 2.71. The van der Waals surface area contributed by atoms with E-state index in [0.717, 1.165) is 57.8 Å². The van der Waals surface area contributed by atoms with Crippen LogP contribution in [0.5, 0.6) is 0 Å². The molecule has 0 aliphatic heterocycles. The number of rotatable bonds is 11. The minimum Gasteiger partial charge on any atom is -0.481 e. The van der Waals surface area contributed by atoms with Crippen molar-refractivity contribution in [2.75, 3.05) is 6.61 Å². The Hall–Kier alpha value is -1.89. The molecule has 5 aliphatic carbocycles. The van der Waals surface area contributed by atoms with Crippen molar-refractivity contribution in [1.29, 1.82) is 0 Å². The van der Waals surface area contributed by atoms with Crippen LogP contribution >= 0.6 is 0 Å². The van der Waals surface area contributed by atoms with E-state index in [9.17, 15) is 24.6 Å². The van der Waals surface area contributed by atoms with E-state index in [1.54, 1.807) is 13.8 Å². The molecule has 0 bridgehead atoms. The SMILES string of the molecule is C=C(C)C1CC[C@]2(CC(=O)NC(CO)CC(C)C)CC[C@]3(C)[C@H](CC[C@@H]4[C@@]5(C)CC[C@H](OC(=O)CC(C)(C)C(=O)O)C(C)(C)[C@@H]5CC[C@]43C)[C@@H]12. The molecule has 5 saturated carbocycles. The maximum atomic E-state index is 13.8. The molecular formula is C43H71NO6. The number of carboxylic acids is 1. The second-order valence-corrected chi connectivity index (χ2v) is 20.5. The van der Waals surface area contributed by atoms with Crippen LogP contribution in [0.2, 0.25) is 0 Å². The van der Waals surface area contributed by atoms with Crippen LogP contribution < -0.4 is 5.32 Å². The van der Waals surface area contributed by atoms with Gasteiger partial charge in [0, 0.05) is 11.8 Å². The highest BCUT2D eigenvalue weighted by atomic mass is 16.5. The van der Waals surface area contributed by atoms with E-state index in [1.165, 1.54) is 18.4 Å². The number of aliphatic carboxylic acids is 1. The Morgan fingerprint density at radius 3 is 2.18 bits per heavy atom. The smallest absolute Gasteiger partial charge is 0.309 e. The standard InChI is InChI=1S/C43H71NO6/c1-26(2)22-28(25-45)44-34(46)23-43-19-14-29(27(3)4)36(43)30-12-13-32-40(9)17-16-33(50-35(47)24-38(5,6)37(48)49)39(7,8)31(40)15-18-42(32,11)41(30,10)20-21-43/h26,28-33,36,45H,3,12-25H2,1-2,4-11H3,(H,44,46)(H,48,49)/t28?,29?,30-,31+,32-,33+,36-,40+,41-,42-,43-/m1/s1. The van der Waals surface area contributed by atoms with Crippen molar-refractivity contribution in [3.63, 3.8) is 0 Å². The van der Waals surface area contributed by atoms with E-state index >= 15 is 0 Å². The van der Waals surface area contributed by atoms with Gasteiger partial charge in [-0.25, -0.2) is 0 Å². The van der Waals surface area contributed by atoms with Gasteiger partial charge in [-0.2, -0.15) is 0 Å². The average molecular weight is 698 g/mol. The fourth-order valence-corrected chi connectivity index (χ4v) is 13.8. The van der Waals surface area contributed by atoms with Crippen LogP contribution in [0.25, 0.3) is 0 Å². The summed E-state index contributed by atoms with van der Waals surface area (Å²) in [6.07, 6.45) is 11.9. The molecule has 3 N–H and O–H groups in total. The summed E-state index contributed by atoms with van der Waals surface area (Å²) in [4.78, 5) is 38.6. The average Bonchev–Trinajstić information content (AvgIpc) is 3.37. The van der Waals surface area contributed by atoms with Crippen LogP contribution in [0.3, 0.4) is 0 Å². The molecule has 7 nitrogen and oxygen atoms in total. The zero-order valence-electron chi connectivity index (χ0n) is 33.3. The number of fused-ring (bicyclic) bond motifs is 7. The van der Waals surface area contributed by atoms with Crippen LogP contribution in [-0.2, 0) is 19.1 Å². The summed E-state index contributed by atoms with van der Waals surface area (Å²) < 4.78 is 6.17. The third-order valence-corrected chi connectivity index (χ3v) is 16.5. The van der Waals surface area contributed by atoms with E-state index in [-0.39, 0.29) is 58.2 Å². The highest BCUT2D eigenvalue weighted by Crippen LogP contribution is 2.78. The van der Waals surface area contributed by atoms with E-state index < -0.39 is 17.4 Å². The quantitative estimate of drug-likeness (QED) is 0.147. The molecule has 5 rings (SSSR count). The monoisotopic (exact) mass is 698 g/mol. The summed E-state index contributed by atoms with van der Waals surface area (Å²) in [7, 11) is 0. The molecule has 50 heavy (non-hydrogen) atoms. The molecule has 0 radical (unpaired) electrons. The second kappa shape index (κ2) is 13.5. The highest BCUT2D eigenvalue weighted by molar-refractivity contribution is 5.81. The molecule has 7 heteroatoms. The summed E-state index contributed by atoms with van der Waals surface area (Å²) in [6.45, 7) is 26.6. The van der Waals surface area contributed by atoms with Crippen LogP contribution in [-0.4, -0.2) is 46.8 Å². The maximum absolute atomic E-state index is 13.8. The third-order valence-electron chi connectivity index (χ3n) is 16.5. The van der Waals surface area contributed by atoms with E-state index in [1.807, 2.05) is 0 Å². The van der Waals surface area contributed by atoms with Crippen molar-refractivity contribution in [2.45, 2.75) is 165 Å². The van der Waals surface area contributed by atoms with Gasteiger partial charge in [-0.3, -0.25) is 14.4 Å². The molecule has 11 atom stereocenters. The lowest BCUT2D eigenvalue weighted by Crippen LogP contribution is -2.67. The molecule has 2 unspecified atom stereocenters. The van der Waals surface area contributed by atoms with Gasteiger partial charge in [0.15, 0.2) is 0 Å². The van der Waals surface area contributed by atoms with E-state index in [4.69, 9.17) is 4.74 Å². The number of carboxylic acid groups (broad SMARTS) is 1. The molecule has 0 heterocycles. The van der Waals surface area contributed by atoms with Crippen molar-refractivity contribution in [3.05, 3.63) is 12.2 Å². The van der Waals surface area contributed by atoms with Gasteiger partial charge in [0.25, 0.3) is 0 Å². The predicted octanol–water partition coefficient (Wildman–Crippen LogP) is 8.97. The number of allylic oxidation sites excluding steroid dienone is 1. The normalized spacial score (nSPS) is 41.2. The lowest BCUT2D eigenvalue weighted by molar-refractivity contribution is -0.250. The first-order chi connectivity index (χ1) is 23.1. The second-order valence-electron chi connectivity index (χ2n) is 20.5. The topological polar surface area (TPSA) is 113 Å². The van der Waals surface area contributed by atoms with Crippen LogP contribution in [0.4, 0.5) is 0 Å². The molecule has 0 aromatic rings. The molecular weight excluding hydrogens is 626 g/mol. The summed E-state index contributed by atoms with van der Waals surface area (Å²) in [5.74, 6) is 1.56. The Morgan fingerprint density at radius 2 is 1.58 bits per heavy atom. The minimum absolute atomic E-state index is 0.0147. The Kier molecular flexibility index (Phi) is 10.6. The number of aliphatic hydroxyl groups is 1. The van der Waals surface area contributed by atoms with Crippen LogP contribution in [0.15, 0.2) is 12.2 Å². The Morgan fingerprint density at radius 1 is 0.900 bits per heavy atom. The lowest BCUT2D eigenvalue weighted by atomic mass is 9.32. The first-order valence-corrected chi connectivity index (χ1v) is 20.1. The first kappa shape index (κ1) is 39.3. The van der Waals surface area contributed by atoms with Crippen molar-refractivity contribution < 1.29 is 29.3 Å². The number of hydrogen-bond acceptors (Lipinski definition) is 5. The zero-order chi connectivity index (χ0) is 37.2. The number of carbonyl (C=O) groups is 3. The van der Waals surface area contributed by atoms with Gasteiger partial charge in [-0.1, -0.05) is 60.6 Å². The van der Waals surface area contributed by atoms with Gasteiger partial charge in [0.05, 0.1) is 24.5 Å². The molecule has 5 aliphatic rings. The number of esters is 1. The van der Waals surface area contributed by atoms with Crippen molar-refractivity contribution >= 4 is 17.8 Å². The number of hydrogen-bond donors (Lipinski definition) is 3. The largest absolute Gasteiger partial charge is 0.481 e. The summed E-state index contributed by atoms with van der Waals surface area (Å²) in [5.41, 5.74) is 0.364. The van der Waals surface area contributed by atoms with Gasteiger partial charge in [-0.15, -0.1) is 0 Å². The molecule has 1 amide bonds. The van der Waals surface area contributed by atoms with Gasteiger partial charge in [0.1, 0.15) is 6.10 Å². The lowest BCUT2D eigenvalue weighted by Gasteiger charge is -2.73.